The third kappa shape index (κ3) is 9.39. The zero-order valence-electron chi connectivity index (χ0n) is 20.8. The third-order valence-corrected chi connectivity index (χ3v) is 5.22. The van der Waals surface area contributed by atoms with Crippen molar-refractivity contribution in [1.82, 2.24) is 19.9 Å². The van der Waals surface area contributed by atoms with Gasteiger partial charge in [-0.3, -0.25) is 4.90 Å². The van der Waals surface area contributed by atoms with Crippen LogP contribution in [0, 0.1) is 0 Å². The number of furan rings is 1. The molecular formula is C24H28F6N6O2. The lowest BCUT2D eigenvalue weighted by molar-refractivity contribution is -0.154. The molecule has 0 aliphatic heterocycles. The normalized spacial score (nSPS) is 12.1. The monoisotopic (exact) mass is 546 g/mol. The molecule has 2 heterocycles. The van der Waals surface area contributed by atoms with E-state index in [0.717, 1.165) is 43.8 Å². The smallest absolute Gasteiger partial charge is 0.422 e. The van der Waals surface area contributed by atoms with Crippen molar-refractivity contribution in [2.45, 2.75) is 52.1 Å². The molecule has 2 N–H and O–H groups in total. The summed E-state index contributed by atoms with van der Waals surface area (Å²) in [5.41, 5.74) is -0.952. The van der Waals surface area contributed by atoms with Gasteiger partial charge in [0.15, 0.2) is 6.61 Å². The fourth-order valence-electron chi connectivity index (χ4n) is 3.32. The summed E-state index contributed by atoms with van der Waals surface area (Å²) in [6.45, 7) is 5.04. The standard InChI is InChI=1S/C24H28F6N6O2/c1-3-5-11-36(4-2)14-19-10-9-18(38-19)13-31-20-33-21(35-22(34-20)37-15-23(25,26)27)32-17-8-6-7-16(12-17)24(28,29)30/h6-10,12H,3-5,11,13-15H2,1-2H3,(H2,31,32,33,34,35). The topological polar surface area (TPSA) is 88.3 Å². The quantitative estimate of drug-likeness (QED) is 0.238. The van der Waals surface area contributed by atoms with Crippen LogP contribution in [0.2, 0.25) is 0 Å². The van der Waals surface area contributed by atoms with Gasteiger partial charge in [-0.2, -0.15) is 41.3 Å². The zero-order chi connectivity index (χ0) is 27.8. The Labute approximate surface area is 215 Å². The predicted molar refractivity (Wildman–Crippen MR) is 128 cm³/mol. The number of hydrogen-bond donors (Lipinski definition) is 2. The molecule has 0 unspecified atom stereocenters. The van der Waals surface area contributed by atoms with Crippen LogP contribution in [0.1, 0.15) is 43.8 Å². The number of nitrogens with zero attached hydrogens (tertiary/aromatic N) is 4. The molecule has 1 aromatic carbocycles. The van der Waals surface area contributed by atoms with Gasteiger partial charge in [0.2, 0.25) is 11.9 Å². The first-order valence-electron chi connectivity index (χ1n) is 11.9. The van der Waals surface area contributed by atoms with E-state index in [2.05, 4.69) is 49.1 Å². The molecule has 3 aromatic rings. The third-order valence-electron chi connectivity index (χ3n) is 5.22. The maximum Gasteiger partial charge on any atom is 0.422 e. The zero-order valence-corrected chi connectivity index (χ0v) is 20.8. The van der Waals surface area contributed by atoms with Crippen LogP contribution < -0.4 is 15.4 Å². The first-order chi connectivity index (χ1) is 17.9. The summed E-state index contributed by atoms with van der Waals surface area (Å²) in [6, 6.07) is 7.11. The molecule has 0 aliphatic rings. The Bertz CT molecular complexity index is 1170. The van der Waals surface area contributed by atoms with Gasteiger partial charge < -0.3 is 19.8 Å². The minimum absolute atomic E-state index is 0.0297. The fourth-order valence-corrected chi connectivity index (χ4v) is 3.32. The number of alkyl halides is 6. The maximum absolute atomic E-state index is 13.0. The Morgan fingerprint density at radius 2 is 1.68 bits per heavy atom. The van der Waals surface area contributed by atoms with Gasteiger partial charge in [-0.25, -0.2) is 0 Å². The molecule has 0 amide bonds. The van der Waals surface area contributed by atoms with Crippen molar-refractivity contribution in [3.63, 3.8) is 0 Å². The van der Waals surface area contributed by atoms with E-state index in [1.165, 1.54) is 12.1 Å². The van der Waals surface area contributed by atoms with Gasteiger partial charge in [0.25, 0.3) is 0 Å². The lowest BCUT2D eigenvalue weighted by Gasteiger charge is -2.18. The Morgan fingerprint density at radius 1 is 0.947 bits per heavy atom. The van der Waals surface area contributed by atoms with Crippen LogP contribution >= 0.6 is 0 Å². The summed E-state index contributed by atoms with van der Waals surface area (Å²) in [7, 11) is 0. The number of halogens is 6. The molecule has 2 aromatic heterocycles. The van der Waals surface area contributed by atoms with Crippen molar-refractivity contribution in [2.24, 2.45) is 0 Å². The molecule has 0 radical (unpaired) electrons. The summed E-state index contributed by atoms with van der Waals surface area (Å²) < 4.78 is 87.5. The highest BCUT2D eigenvalue weighted by Gasteiger charge is 2.31. The Balaban J connectivity index is 1.74. The summed E-state index contributed by atoms with van der Waals surface area (Å²) in [6.07, 6.45) is -7.09. The summed E-state index contributed by atoms with van der Waals surface area (Å²) >= 11 is 0. The predicted octanol–water partition coefficient (Wildman–Crippen LogP) is 6.40. The van der Waals surface area contributed by atoms with Crippen molar-refractivity contribution in [2.75, 3.05) is 30.3 Å². The first kappa shape index (κ1) is 29.0. The van der Waals surface area contributed by atoms with E-state index in [1.807, 2.05) is 6.07 Å². The van der Waals surface area contributed by atoms with Gasteiger partial charge in [0.1, 0.15) is 11.5 Å². The summed E-state index contributed by atoms with van der Waals surface area (Å²) in [5.74, 6) is 0.796. The van der Waals surface area contributed by atoms with Gasteiger partial charge >= 0.3 is 18.4 Å². The van der Waals surface area contributed by atoms with E-state index in [4.69, 9.17) is 4.42 Å². The maximum atomic E-state index is 13.0. The number of nitrogens with one attached hydrogen (secondary N) is 2. The molecular weight excluding hydrogens is 518 g/mol. The molecule has 3 rings (SSSR count). The molecule has 0 saturated heterocycles. The largest absolute Gasteiger partial charge is 0.463 e. The molecule has 0 saturated carbocycles. The summed E-state index contributed by atoms with van der Waals surface area (Å²) in [4.78, 5) is 13.9. The van der Waals surface area contributed by atoms with E-state index in [9.17, 15) is 26.3 Å². The molecule has 8 nitrogen and oxygen atoms in total. The second kappa shape index (κ2) is 12.8. The molecule has 14 heteroatoms. The van der Waals surface area contributed by atoms with Gasteiger partial charge in [-0.1, -0.05) is 26.3 Å². The van der Waals surface area contributed by atoms with E-state index in [1.54, 1.807) is 6.07 Å². The van der Waals surface area contributed by atoms with Gasteiger partial charge in [0.05, 0.1) is 18.7 Å². The fraction of sp³-hybridized carbons (Fsp3) is 0.458. The van der Waals surface area contributed by atoms with Crippen LogP contribution in [0.25, 0.3) is 0 Å². The van der Waals surface area contributed by atoms with Crippen LogP contribution in [-0.4, -0.2) is 45.7 Å². The van der Waals surface area contributed by atoms with Crippen LogP contribution in [0.15, 0.2) is 40.8 Å². The number of hydrogen-bond acceptors (Lipinski definition) is 8. The highest BCUT2D eigenvalue weighted by atomic mass is 19.4. The second-order valence-electron chi connectivity index (χ2n) is 8.32. The van der Waals surface area contributed by atoms with Gasteiger partial charge in [0, 0.05) is 5.69 Å². The number of benzene rings is 1. The van der Waals surface area contributed by atoms with Gasteiger partial charge in [-0.15, -0.1) is 0 Å². The average molecular weight is 547 g/mol. The minimum Gasteiger partial charge on any atom is -0.463 e. The minimum atomic E-state index is -4.65. The molecule has 0 spiro atoms. The lowest BCUT2D eigenvalue weighted by Crippen LogP contribution is -2.23. The number of rotatable bonds is 13. The van der Waals surface area contributed by atoms with E-state index in [0.29, 0.717) is 12.3 Å². The number of aromatic nitrogens is 3. The number of ether oxygens (including phenoxy) is 1. The molecule has 0 aliphatic carbocycles. The van der Waals surface area contributed by atoms with E-state index in [-0.39, 0.29) is 24.1 Å². The van der Waals surface area contributed by atoms with Crippen LogP contribution in [0.3, 0.4) is 0 Å². The van der Waals surface area contributed by atoms with Gasteiger partial charge in [-0.05, 0) is 49.8 Å². The Kier molecular flexibility index (Phi) is 9.78. The van der Waals surface area contributed by atoms with Crippen molar-refractivity contribution in [3.05, 3.63) is 53.5 Å². The average Bonchev–Trinajstić information content (AvgIpc) is 3.30. The molecule has 38 heavy (non-hydrogen) atoms. The molecule has 208 valence electrons. The highest BCUT2D eigenvalue weighted by Crippen LogP contribution is 2.31. The van der Waals surface area contributed by atoms with Crippen LogP contribution in [0.5, 0.6) is 6.01 Å². The van der Waals surface area contributed by atoms with Crippen LogP contribution in [0.4, 0.5) is 43.9 Å². The molecule has 0 bridgehead atoms. The molecule has 0 fully saturated rings. The summed E-state index contributed by atoms with van der Waals surface area (Å²) in [5, 5.41) is 5.37. The van der Waals surface area contributed by atoms with Crippen molar-refractivity contribution in [1.29, 1.82) is 0 Å². The Hall–Kier alpha value is -3.55. The number of anilines is 3. The highest BCUT2D eigenvalue weighted by molar-refractivity contribution is 5.55. The number of unbranched alkanes of at least 4 members (excludes halogenated alkanes) is 1. The SMILES string of the molecule is CCCCN(CC)Cc1ccc(CNc2nc(Nc3cccc(C(F)(F)F)c3)nc(OCC(F)(F)F)n2)o1. The van der Waals surface area contributed by atoms with Crippen molar-refractivity contribution in [3.8, 4) is 6.01 Å². The van der Waals surface area contributed by atoms with Crippen molar-refractivity contribution >= 4 is 17.6 Å². The van der Waals surface area contributed by atoms with E-state index < -0.39 is 30.5 Å². The lowest BCUT2D eigenvalue weighted by atomic mass is 10.2. The second-order valence-corrected chi connectivity index (χ2v) is 8.32. The van der Waals surface area contributed by atoms with Crippen molar-refractivity contribution < 1.29 is 35.5 Å². The Morgan fingerprint density at radius 3 is 2.37 bits per heavy atom. The van der Waals surface area contributed by atoms with E-state index >= 15 is 0 Å². The first-order valence-corrected chi connectivity index (χ1v) is 11.9. The van der Waals surface area contributed by atoms with Crippen LogP contribution in [-0.2, 0) is 19.3 Å². The molecule has 0 atom stereocenters.